The molecule has 1 aliphatic rings. The number of rotatable bonds is 4. The maximum atomic E-state index is 12.5. The molecule has 3 amide bonds. The summed E-state index contributed by atoms with van der Waals surface area (Å²) in [6.07, 6.45) is -0.495. The Labute approximate surface area is 169 Å². The number of hydrogen-bond acceptors (Lipinski definition) is 5. The standard InChI is InChI=1S/C21H16N4O5/c26-19(24-25-21(28)18-10-29-18)15-8-12-7-13(5-6-14(12)23-15)22-20(27)17-9-11-3-1-2-4-16(11)30-17/h1-9,18,23H,10H2,(H,22,27)(H,24,26)(H,25,28). The molecular weight excluding hydrogens is 388 g/mol. The number of carbonyl (C=O) groups is 3. The molecule has 1 unspecified atom stereocenters. The number of carbonyl (C=O) groups excluding carboxylic acids is 3. The molecule has 1 aliphatic heterocycles. The molecular formula is C21H16N4O5. The number of H-pyrrole nitrogens is 1. The first kappa shape index (κ1) is 18.0. The summed E-state index contributed by atoms with van der Waals surface area (Å²) < 4.78 is 10.4. The molecule has 9 nitrogen and oxygen atoms in total. The Hall–Kier alpha value is -4.11. The van der Waals surface area contributed by atoms with Crippen molar-refractivity contribution in [1.29, 1.82) is 0 Å². The number of aromatic amines is 1. The molecule has 2 aromatic carbocycles. The van der Waals surface area contributed by atoms with E-state index >= 15 is 0 Å². The number of para-hydroxylation sites is 1. The Kier molecular flexibility index (Phi) is 4.22. The third-order valence-corrected chi connectivity index (χ3v) is 4.70. The number of amides is 3. The number of benzene rings is 2. The van der Waals surface area contributed by atoms with Crippen LogP contribution in [0.25, 0.3) is 21.9 Å². The Morgan fingerprint density at radius 3 is 2.57 bits per heavy atom. The van der Waals surface area contributed by atoms with Crippen LogP contribution in [0, 0.1) is 0 Å². The summed E-state index contributed by atoms with van der Waals surface area (Å²) in [5, 5.41) is 4.36. The van der Waals surface area contributed by atoms with Gasteiger partial charge in [0.15, 0.2) is 11.9 Å². The number of fused-ring (bicyclic) bond motifs is 2. The van der Waals surface area contributed by atoms with E-state index in [1.54, 1.807) is 36.4 Å². The number of aromatic nitrogens is 1. The van der Waals surface area contributed by atoms with Gasteiger partial charge >= 0.3 is 0 Å². The lowest BCUT2D eigenvalue weighted by Crippen LogP contribution is -2.43. The number of epoxide rings is 1. The van der Waals surface area contributed by atoms with E-state index in [1.165, 1.54) is 0 Å². The van der Waals surface area contributed by atoms with Gasteiger partial charge in [-0.05, 0) is 36.4 Å². The summed E-state index contributed by atoms with van der Waals surface area (Å²) in [6.45, 7) is 0.358. The normalized spacial score (nSPS) is 15.1. The second-order valence-electron chi connectivity index (χ2n) is 6.85. The molecule has 4 aromatic rings. The summed E-state index contributed by atoms with van der Waals surface area (Å²) in [6, 6.07) is 15.9. The molecule has 30 heavy (non-hydrogen) atoms. The fourth-order valence-corrected chi connectivity index (χ4v) is 3.08. The van der Waals surface area contributed by atoms with Crippen LogP contribution in [0.15, 0.2) is 59.0 Å². The van der Waals surface area contributed by atoms with E-state index in [0.29, 0.717) is 23.4 Å². The first-order valence-electron chi connectivity index (χ1n) is 9.21. The van der Waals surface area contributed by atoms with Crippen molar-refractivity contribution in [2.75, 3.05) is 11.9 Å². The lowest BCUT2D eigenvalue weighted by Gasteiger charge is -2.03. The van der Waals surface area contributed by atoms with Gasteiger partial charge in [-0.25, -0.2) is 0 Å². The van der Waals surface area contributed by atoms with Crippen LogP contribution in [0.5, 0.6) is 0 Å². The van der Waals surface area contributed by atoms with Gasteiger partial charge in [-0.2, -0.15) is 0 Å². The Balaban J connectivity index is 1.30. The number of anilines is 1. The van der Waals surface area contributed by atoms with E-state index in [1.807, 2.05) is 18.2 Å². The zero-order valence-corrected chi connectivity index (χ0v) is 15.5. The van der Waals surface area contributed by atoms with Crippen LogP contribution in [0.3, 0.4) is 0 Å². The summed E-state index contributed by atoms with van der Waals surface area (Å²) >= 11 is 0. The first-order valence-corrected chi connectivity index (χ1v) is 9.21. The van der Waals surface area contributed by atoms with Crippen molar-refractivity contribution in [3.63, 3.8) is 0 Å². The third-order valence-electron chi connectivity index (χ3n) is 4.70. The summed E-state index contributed by atoms with van der Waals surface area (Å²) in [5.74, 6) is -1.05. The van der Waals surface area contributed by atoms with Gasteiger partial charge in [0, 0.05) is 22.0 Å². The highest BCUT2D eigenvalue weighted by Gasteiger charge is 2.31. The molecule has 9 heteroatoms. The van der Waals surface area contributed by atoms with Gasteiger partial charge in [0.2, 0.25) is 0 Å². The minimum atomic E-state index is -0.495. The summed E-state index contributed by atoms with van der Waals surface area (Å²) in [4.78, 5) is 39.2. The van der Waals surface area contributed by atoms with Crippen molar-refractivity contribution >= 4 is 45.3 Å². The van der Waals surface area contributed by atoms with Gasteiger partial charge in [0.1, 0.15) is 11.3 Å². The van der Waals surface area contributed by atoms with Gasteiger partial charge < -0.3 is 19.5 Å². The maximum Gasteiger partial charge on any atom is 0.291 e. The first-order chi connectivity index (χ1) is 14.6. The number of ether oxygens (including phenoxy) is 1. The van der Waals surface area contributed by atoms with E-state index in [4.69, 9.17) is 9.15 Å². The van der Waals surface area contributed by atoms with Crippen molar-refractivity contribution in [1.82, 2.24) is 15.8 Å². The minimum Gasteiger partial charge on any atom is -0.451 e. The van der Waals surface area contributed by atoms with Crippen LogP contribution < -0.4 is 16.2 Å². The van der Waals surface area contributed by atoms with Gasteiger partial charge in [0.05, 0.1) is 6.61 Å². The summed E-state index contributed by atoms with van der Waals surface area (Å²) in [5.41, 5.74) is 6.80. The molecule has 5 rings (SSSR count). The molecule has 0 radical (unpaired) electrons. The molecule has 2 aromatic heterocycles. The van der Waals surface area contributed by atoms with Gasteiger partial charge in [-0.15, -0.1) is 0 Å². The monoisotopic (exact) mass is 404 g/mol. The van der Waals surface area contributed by atoms with Gasteiger partial charge in [-0.3, -0.25) is 25.2 Å². The molecule has 0 spiro atoms. The van der Waals surface area contributed by atoms with Gasteiger partial charge in [-0.1, -0.05) is 18.2 Å². The van der Waals surface area contributed by atoms with Crippen LogP contribution in [0.1, 0.15) is 21.0 Å². The second-order valence-corrected chi connectivity index (χ2v) is 6.85. The van der Waals surface area contributed by atoms with E-state index in [-0.39, 0.29) is 17.4 Å². The fraction of sp³-hybridized carbons (Fsp3) is 0.0952. The van der Waals surface area contributed by atoms with E-state index in [9.17, 15) is 14.4 Å². The Morgan fingerprint density at radius 2 is 1.77 bits per heavy atom. The van der Waals surface area contributed by atoms with E-state index in [0.717, 1.165) is 10.8 Å². The molecule has 0 saturated carbocycles. The molecule has 150 valence electrons. The molecule has 0 bridgehead atoms. The number of hydrogen-bond donors (Lipinski definition) is 4. The van der Waals surface area contributed by atoms with Crippen molar-refractivity contribution in [3.8, 4) is 0 Å². The van der Waals surface area contributed by atoms with Crippen molar-refractivity contribution in [2.24, 2.45) is 0 Å². The highest BCUT2D eigenvalue weighted by Crippen LogP contribution is 2.23. The van der Waals surface area contributed by atoms with Crippen molar-refractivity contribution in [3.05, 3.63) is 66.1 Å². The lowest BCUT2D eigenvalue weighted by molar-refractivity contribution is -0.123. The average molecular weight is 404 g/mol. The molecule has 1 atom stereocenters. The minimum absolute atomic E-state index is 0.209. The van der Waals surface area contributed by atoms with Gasteiger partial charge in [0.25, 0.3) is 17.7 Å². The predicted molar refractivity (Wildman–Crippen MR) is 108 cm³/mol. The zero-order valence-electron chi connectivity index (χ0n) is 15.5. The number of hydrazine groups is 1. The SMILES string of the molecule is O=C(NNC(=O)C1CO1)c1cc2cc(NC(=O)c3cc4ccccc4o3)ccc2[nH]1. The Bertz CT molecular complexity index is 1270. The molecule has 1 saturated heterocycles. The molecule has 3 heterocycles. The Morgan fingerprint density at radius 1 is 0.933 bits per heavy atom. The topological polar surface area (TPSA) is 129 Å². The van der Waals surface area contributed by atoms with Crippen LogP contribution in [0.2, 0.25) is 0 Å². The number of furan rings is 1. The van der Waals surface area contributed by atoms with Crippen molar-refractivity contribution in [2.45, 2.75) is 6.10 Å². The fourth-order valence-electron chi connectivity index (χ4n) is 3.08. The van der Waals surface area contributed by atoms with Crippen LogP contribution in [-0.2, 0) is 9.53 Å². The lowest BCUT2D eigenvalue weighted by atomic mass is 10.2. The predicted octanol–water partition coefficient (Wildman–Crippen LogP) is 2.33. The highest BCUT2D eigenvalue weighted by molar-refractivity contribution is 6.06. The zero-order chi connectivity index (χ0) is 20.7. The van der Waals surface area contributed by atoms with E-state index < -0.39 is 17.9 Å². The smallest absolute Gasteiger partial charge is 0.291 e. The quantitative estimate of drug-likeness (QED) is 0.306. The molecule has 4 N–H and O–H groups in total. The van der Waals surface area contributed by atoms with Crippen LogP contribution in [-0.4, -0.2) is 35.4 Å². The number of nitrogens with one attached hydrogen (secondary N) is 4. The largest absolute Gasteiger partial charge is 0.451 e. The van der Waals surface area contributed by atoms with Crippen LogP contribution >= 0.6 is 0 Å². The van der Waals surface area contributed by atoms with Crippen LogP contribution in [0.4, 0.5) is 5.69 Å². The average Bonchev–Trinajstić information content (AvgIpc) is 3.37. The molecule has 1 fully saturated rings. The maximum absolute atomic E-state index is 12.5. The second kappa shape index (κ2) is 7.05. The van der Waals surface area contributed by atoms with Crippen molar-refractivity contribution < 1.29 is 23.5 Å². The summed E-state index contributed by atoms with van der Waals surface area (Å²) in [7, 11) is 0. The molecule has 0 aliphatic carbocycles. The third kappa shape index (κ3) is 3.49. The van der Waals surface area contributed by atoms with E-state index in [2.05, 4.69) is 21.2 Å². The highest BCUT2D eigenvalue weighted by atomic mass is 16.6.